The van der Waals surface area contributed by atoms with Crippen LogP contribution in [0, 0.1) is 13.8 Å². The zero-order chi connectivity index (χ0) is 17.6. The van der Waals surface area contributed by atoms with E-state index in [0.717, 1.165) is 36.3 Å². The molecule has 1 unspecified atom stereocenters. The van der Waals surface area contributed by atoms with Crippen molar-refractivity contribution in [1.29, 1.82) is 0 Å². The maximum absolute atomic E-state index is 9.34. The Morgan fingerprint density at radius 2 is 2.12 bits per heavy atom. The molecule has 1 aliphatic heterocycles. The van der Waals surface area contributed by atoms with Crippen molar-refractivity contribution in [3.05, 3.63) is 53.2 Å². The van der Waals surface area contributed by atoms with Crippen LogP contribution in [0.25, 0.3) is 0 Å². The first-order valence-electron chi connectivity index (χ1n) is 8.43. The molecule has 0 spiro atoms. The third-order valence-corrected chi connectivity index (χ3v) is 4.01. The Morgan fingerprint density at radius 1 is 1.32 bits per heavy atom. The van der Waals surface area contributed by atoms with Crippen LogP contribution in [0.3, 0.4) is 0 Å². The van der Waals surface area contributed by atoms with Gasteiger partial charge in [-0.2, -0.15) is 0 Å². The molecule has 2 heterocycles. The van der Waals surface area contributed by atoms with Crippen LogP contribution in [-0.4, -0.2) is 35.3 Å². The summed E-state index contributed by atoms with van der Waals surface area (Å²) in [7, 11) is 0. The molecule has 1 atom stereocenters. The van der Waals surface area contributed by atoms with Crippen LogP contribution in [0.2, 0.25) is 0 Å². The summed E-state index contributed by atoms with van der Waals surface area (Å²) in [6.07, 6.45) is 3.82. The van der Waals surface area contributed by atoms with Crippen LogP contribution in [-0.2, 0) is 4.74 Å². The summed E-state index contributed by atoms with van der Waals surface area (Å²) in [5, 5.41) is 9.34. The number of aliphatic imine (C=N–C) groups is 1. The first-order chi connectivity index (χ1) is 12.1. The fourth-order valence-corrected chi connectivity index (χ4v) is 2.87. The molecule has 1 saturated heterocycles. The van der Waals surface area contributed by atoms with Crippen molar-refractivity contribution in [3.8, 4) is 11.6 Å². The molecule has 132 valence electrons. The third-order valence-electron chi connectivity index (χ3n) is 4.01. The molecule has 0 aliphatic carbocycles. The van der Waals surface area contributed by atoms with Gasteiger partial charge in [0.05, 0.1) is 12.6 Å². The minimum absolute atomic E-state index is 0.128. The second-order valence-corrected chi connectivity index (χ2v) is 6.25. The Kier molecular flexibility index (Phi) is 5.63. The van der Waals surface area contributed by atoms with Crippen LogP contribution in [0.5, 0.6) is 11.6 Å². The van der Waals surface area contributed by atoms with Gasteiger partial charge in [0.25, 0.3) is 0 Å². The standard InChI is InChI=1S/C19H23N3O3/c1-13-8-14(2)10-17(9-13)25-18-6-5-15(11-20-18)19(22-23)21-12-16-4-3-7-24-16/h5-6,8-11,16,23H,3-4,7,12H2,1-2H3,(H,21,22). The molecule has 1 aliphatic rings. The van der Waals surface area contributed by atoms with Gasteiger partial charge in [-0.25, -0.2) is 4.98 Å². The highest BCUT2D eigenvalue weighted by molar-refractivity contribution is 5.97. The summed E-state index contributed by atoms with van der Waals surface area (Å²) >= 11 is 0. The number of nitrogens with one attached hydrogen (secondary N) is 1. The van der Waals surface area contributed by atoms with Crippen LogP contribution in [0.4, 0.5) is 0 Å². The van der Waals surface area contributed by atoms with E-state index in [4.69, 9.17) is 9.47 Å². The highest BCUT2D eigenvalue weighted by Crippen LogP contribution is 2.22. The lowest BCUT2D eigenvalue weighted by molar-refractivity contribution is 0.117. The van der Waals surface area contributed by atoms with Crippen molar-refractivity contribution in [1.82, 2.24) is 10.5 Å². The summed E-state index contributed by atoms with van der Waals surface area (Å²) in [6.45, 7) is 5.36. The minimum Gasteiger partial charge on any atom is -0.439 e. The normalized spacial score (nSPS) is 17.6. The molecule has 2 aromatic rings. The third kappa shape index (κ3) is 4.78. The molecule has 0 bridgehead atoms. The highest BCUT2D eigenvalue weighted by Gasteiger charge is 2.15. The van der Waals surface area contributed by atoms with Crippen molar-refractivity contribution >= 4 is 5.84 Å². The number of rotatable bonds is 5. The van der Waals surface area contributed by atoms with Crippen molar-refractivity contribution < 1.29 is 14.7 Å². The number of aromatic nitrogens is 1. The van der Waals surface area contributed by atoms with E-state index < -0.39 is 0 Å². The SMILES string of the molecule is Cc1cc(C)cc(Oc2ccc(C(=NCC3CCCO3)NO)cn2)c1. The van der Waals surface area contributed by atoms with Crippen molar-refractivity contribution in [2.45, 2.75) is 32.8 Å². The number of benzene rings is 1. The summed E-state index contributed by atoms with van der Waals surface area (Å²) in [6, 6.07) is 9.58. The van der Waals surface area contributed by atoms with Crippen LogP contribution >= 0.6 is 0 Å². The number of ether oxygens (including phenoxy) is 2. The largest absolute Gasteiger partial charge is 0.439 e. The fraction of sp³-hybridized carbons (Fsp3) is 0.368. The number of hydroxylamine groups is 1. The molecule has 25 heavy (non-hydrogen) atoms. The van der Waals surface area contributed by atoms with Crippen molar-refractivity contribution in [2.75, 3.05) is 13.2 Å². The number of hydrogen-bond acceptors (Lipinski definition) is 5. The summed E-state index contributed by atoms with van der Waals surface area (Å²) in [5.41, 5.74) is 5.11. The van der Waals surface area contributed by atoms with Gasteiger partial charge in [0.15, 0.2) is 5.84 Å². The first-order valence-corrected chi connectivity index (χ1v) is 8.43. The highest BCUT2D eigenvalue weighted by atomic mass is 16.5. The second-order valence-electron chi connectivity index (χ2n) is 6.25. The van der Waals surface area contributed by atoms with Gasteiger partial charge in [-0.1, -0.05) is 6.07 Å². The van der Waals surface area contributed by atoms with Gasteiger partial charge in [0.2, 0.25) is 5.88 Å². The van der Waals surface area contributed by atoms with Gasteiger partial charge in [-0.3, -0.25) is 15.7 Å². The van der Waals surface area contributed by atoms with Crippen LogP contribution in [0.1, 0.15) is 29.5 Å². The predicted molar refractivity (Wildman–Crippen MR) is 95.5 cm³/mol. The van der Waals surface area contributed by atoms with Crippen LogP contribution in [0.15, 0.2) is 41.5 Å². The average molecular weight is 341 g/mol. The van der Waals surface area contributed by atoms with E-state index in [2.05, 4.69) is 21.5 Å². The summed E-state index contributed by atoms with van der Waals surface area (Å²) in [5.74, 6) is 1.62. The van der Waals surface area contributed by atoms with Gasteiger partial charge in [-0.05, 0) is 56.0 Å². The fourth-order valence-electron chi connectivity index (χ4n) is 2.87. The van der Waals surface area contributed by atoms with E-state index in [-0.39, 0.29) is 6.10 Å². The van der Waals surface area contributed by atoms with Gasteiger partial charge in [0.1, 0.15) is 5.75 Å². The molecule has 1 fully saturated rings. The van der Waals surface area contributed by atoms with Gasteiger partial charge in [0, 0.05) is 24.4 Å². The molecular formula is C19H23N3O3. The molecule has 0 amide bonds. The summed E-state index contributed by atoms with van der Waals surface area (Å²) < 4.78 is 11.3. The van der Waals surface area contributed by atoms with Crippen LogP contribution < -0.4 is 10.2 Å². The molecule has 1 aromatic heterocycles. The first kappa shape index (κ1) is 17.4. The van der Waals surface area contributed by atoms with Gasteiger partial charge in [-0.15, -0.1) is 0 Å². The molecule has 6 nitrogen and oxygen atoms in total. The van der Waals surface area contributed by atoms with E-state index >= 15 is 0 Å². The Labute approximate surface area is 147 Å². The zero-order valence-corrected chi connectivity index (χ0v) is 14.5. The van der Waals surface area contributed by atoms with E-state index in [1.807, 2.05) is 32.0 Å². The second kappa shape index (κ2) is 8.09. The minimum atomic E-state index is 0.128. The predicted octanol–water partition coefficient (Wildman–Crippen LogP) is 3.40. The number of pyridine rings is 1. The van der Waals surface area contributed by atoms with E-state index in [1.54, 1.807) is 12.3 Å². The lowest BCUT2D eigenvalue weighted by atomic mass is 10.1. The topological polar surface area (TPSA) is 76.0 Å². The smallest absolute Gasteiger partial charge is 0.219 e. The molecule has 0 saturated carbocycles. The van der Waals surface area contributed by atoms with E-state index in [9.17, 15) is 5.21 Å². The van der Waals surface area contributed by atoms with E-state index in [0.29, 0.717) is 23.8 Å². The van der Waals surface area contributed by atoms with Gasteiger partial charge >= 0.3 is 0 Å². The molecule has 6 heteroatoms. The monoisotopic (exact) mass is 341 g/mol. The number of hydrogen-bond donors (Lipinski definition) is 2. The number of nitrogens with zero attached hydrogens (tertiary/aromatic N) is 2. The quantitative estimate of drug-likeness (QED) is 0.495. The Balaban J connectivity index is 1.68. The van der Waals surface area contributed by atoms with Gasteiger partial charge < -0.3 is 9.47 Å². The maximum atomic E-state index is 9.34. The zero-order valence-electron chi connectivity index (χ0n) is 14.5. The molecule has 2 N–H and O–H groups in total. The summed E-state index contributed by atoms with van der Waals surface area (Å²) in [4.78, 5) is 8.68. The molecule has 0 radical (unpaired) electrons. The lowest BCUT2D eigenvalue weighted by Gasteiger charge is -2.10. The molecular weight excluding hydrogens is 318 g/mol. The molecule has 3 rings (SSSR count). The molecule has 1 aromatic carbocycles. The number of amidine groups is 1. The van der Waals surface area contributed by atoms with E-state index in [1.165, 1.54) is 0 Å². The number of aryl methyl sites for hydroxylation is 2. The maximum Gasteiger partial charge on any atom is 0.219 e. The Hall–Kier alpha value is -2.44. The van der Waals surface area contributed by atoms with Crippen molar-refractivity contribution in [3.63, 3.8) is 0 Å². The lowest BCUT2D eigenvalue weighted by Crippen LogP contribution is -2.23. The Bertz CT molecular complexity index is 718. The average Bonchev–Trinajstić information content (AvgIpc) is 3.09. The van der Waals surface area contributed by atoms with Crippen molar-refractivity contribution in [2.24, 2.45) is 4.99 Å². The Morgan fingerprint density at radius 3 is 2.72 bits per heavy atom.